The third-order valence-corrected chi connectivity index (χ3v) is 13.4. The zero-order valence-electron chi connectivity index (χ0n) is 41.1. The summed E-state index contributed by atoms with van der Waals surface area (Å²) < 4.78 is 24.1. The molecule has 0 aliphatic rings. The van der Waals surface area contributed by atoms with Crippen molar-refractivity contribution in [2.45, 2.75) is 213 Å². The van der Waals surface area contributed by atoms with Crippen molar-refractivity contribution in [3.8, 4) is 0 Å². The number of unbranched alkanes of at least 4 members (excludes halogenated alkanes) is 17. The van der Waals surface area contributed by atoms with E-state index in [4.69, 9.17) is 24.1 Å². The minimum absolute atomic E-state index is 0.0283. The second-order valence-electron chi connectivity index (χ2n) is 17.0. The average molecular weight is 958 g/mol. The molecule has 1 aromatic rings. The summed E-state index contributed by atoms with van der Waals surface area (Å²) in [5.74, 6) is 0.610. The first-order valence-corrected chi connectivity index (χ1v) is 28.2. The lowest BCUT2D eigenvalue weighted by atomic mass is 10.0. The van der Waals surface area contributed by atoms with Crippen molar-refractivity contribution < 1.29 is 43.2 Å². The molecule has 1 amide bonds. The molecule has 0 bridgehead atoms. The highest BCUT2D eigenvalue weighted by Gasteiger charge is 2.18. The summed E-state index contributed by atoms with van der Waals surface area (Å²) >= 11 is 0. The van der Waals surface area contributed by atoms with Crippen LogP contribution in [0.15, 0.2) is 6.20 Å². The molecule has 0 saturated heterocycles. The van der Waals surface area contributed by atoms with Crippen molar-refractivity contribution in [2.24, 2.45) is 0 Å². The number of aryl methyl sites for hydroxylation is 1. The van der Waals surface area contributed by atoms with Crippen LogP contribution in [0.25, 0.3) is 0 Å². The third-order valence-electron chi connectivity index (χ3n) is 11.1. The smallest absolute Gasteiger partial charge is 0.409 e. The van der Waals surface area contributed by atoms with Crippen molar-refractivity contribution in [3.63, 3.8) is 0 Å². The van der Waals surface area contributed by atoms with E-state index in [0.29, 0.717) is 70.0 Å². The van der Waals surface area contributed by atoms with E-state index >= 15 is 0 Å². The fourth-order valence-electron chi connectivity index (χ4n) is 7.24. The third kappa shape index (κ3) is 38.1. The van der Waals surface area contributed by atoms with E-state index in [-0.39, 0.29) is 50.8 Å². The summed E-state index contributed by atoms with van der Waals surface area (Å²) in [7, 11) is 3.12. The van der Waals surface area contributed by atoms with Crippen LogP contribution >= 0.6 is 21.6 Å². The summed E-state index contributed by atoms with van der Waals surface area (Å²) in [6.07, 6.45) is 29.6. The predicted octanol–water partition coefficient (Wildman–Crippen LogP) is 10.8. The van der Waals surface area contributed by atoms with Gasteiger partial charge < -0.3 is 34.3 Å². The Hall–Kier alpha value is -2.56. The molecule has 0 spiro atoms. The number of aromatic nitrogens is 3. The number of nitrogens with zero attached hydrogens (tertiary/aromatic N) is 4. The number of aliphatic hydroxyl groups excluding tert-OH is 1. The number of carbonyl (C=O) groups excluding carboxylic acids is 4. The Morgan fingerprint density at radius 1 is 0.631 bits per heavy atom. The average Bonchev–Trinajstić information content (AvgIpc) is 3.75. The number of rotatable bonds is 47. The van der Waals surface area contributed by atoms with Gasteiger partial charge in [-0.3, -0.25) is 19.1 Å². The van der Waals surface area contributed by atoms with E-state index in [2.05, 4.69) is 36.4 Å². The van der Waals surface area contributed by atoms with Gasteiger partial charge in [-0.1, -0.05) is 150 Å². The maximum absolute atomic E-state index is 12.9. The van der Waals surface area contributed by atoms with Crippen molar-refractivity contribution in [1.82, 2.24) is 25.2 Å². The highest BCUT2D eigenvalue weighted by molar-refractivity contribution is 8.76. The van der Waals surface area contributed by atoms with Crippen LogP contribution < -0.4 is 5.32 Å². The molecule has 16 heteroatoms. The molecule has 0 aliphatic heterocycles. The first-order chi connectivity index (χ1) is 31.8. The van der Waals surface area contributed by atoms with E-state index in [1.165, 1.54) is 94.8 Å². The summed E-state index contributed by atoms with van der Waals surface area (Å²) in [5.41, 5.74) is 0.726. The van der Waals surface area contributed by atoms with Crippen molar-refractivity contribution in [1.29, 1.82) is 0 Å². The Bertz CT molecular complexity index is 1280. The van der Waals surface area contributed by atoms with E-state index in [0.717, 1.165) is 63.5 Å². The fourth-order valence-corrected chi connectivity index (χ4v) is 8.89. The maximum Gasteiger partial charge on any atom is 0.409 e. The van der Waals surface area contributed by atoms with E-state index in [1.54, 1.807) is 26.3 Å². The largest absolute Gasteiger partial charge is 0.465 e. The Morgan fingerprint density at radius 2 is 1.17 bits per heavy atom. The molecule has 0 aliphatic carbocycles. The van der Waals surface area contributed by atoms with E-state index in [1.807, 2.05) is 6.20 Å². The monoisotopic (exact) mass is 958 g/mol. The molecule has 1 aromatic heterocycles. The Labute approximate surface area is 401 Å². The lowest BCUT2D eigenvalue weighted by Gasteiger charge is -2.22. The lowest BCUT2D eigenvalue weighted by Crippen LogP contribution is -2.36. The Balaban J connectivity index is 2.32. The van der Waals surface area contributed by atoms with Gasteiger partial charge in [0.05, 0.1) is 25.3 Å². The Morgan fingerprint density at radius 3 is 1.80 bits per heavy atom. The van der Waals surface area contributed by atoms with Crippen molar-refractivity contribution in [2.75, 3.05) is 64.1 Å². The first kappa shape index (κ1) is 60.5. The summed E-state index contributed by atoms with van der Waals surface area (Å²) in [6, 6.07) is 0. The Kier molecular flexibility index (Phi) is 42.1. The highest BCUT2D eigenvalue weighted by Crippen LogP contribution is 2.21. The second kappa shape index (κ2) is 45.2. The topological polar surface area (TPSA) is 171 Å². The summed E-state index contributed by atoms with van der Waals surface area (Å²) in [4.78, 5) is 51.8. The van der Waals surface area contributed by atoms with Crippen LogP contribution in [-0.4, -0.2) is 119 Å². The minimum atomic E-state index is -0.489. The van der Waals surface area contributed by atoms with Gasteiger partial charge in [0.1, 0.15) is 19.3 Å². The van der Waals surface area contributed by atoms with Gasteiger partial charge >= 0.3 is 24.0 Å². The van der Waals surface area contributed by atoms with Gasteiger partial charge in [0.2, 0.25) is 0 Å². The molecule has 0 fully saturated rings. The van der Waals surface area contributed by atoms with Crippen LogP contribution in [0.3, 0.4) is 0 Å². The molecule has 1 heterocycles. The second-order valence-corrected chi connectivity index (χ2v) is 19.7. The number of carbonyl (C=O) groups is 4. The molecule has 378 valence electrons. The van der Waals surface area contributed by atoms with Crippen LogP contribution in [0.5, 0.6) is 0 Å². The number of aliphatic hydroxyl groups is 1. The normalized spacial score (nSPS) is 11.3. The molecule has 0 aromatic carbocycles. The van der Waals surface area contributed by atoms with Gasteiger partial charge in [0.15, 0.2) is 0 Å². The fraction of sp³-hybridized carbons (Fsp3) is 0.878. The van der Waals surface area contributed by atoms with Gasteiger partial charge in [0, 0.05) is 63.1 Å². The van der Waals surface area contributed by atoms with Crippen molar-refractivity contribution in [3.05, 3.63) is 11.9 Å². The molecule has 2 N–H and O–H groups in total. The van der Waals surface area contributed by atoms with Gasteiger partial charge in [-0.15, -0.1) is 5.10 Å². The van der Waals surface area contributed by atoms with Crippen LogP contribution in [0.1, 0.15) is 200 Å². The molecule has 14 nitrogen and oxygen atoms in total. The minimum Gasteiger partial charge on any atom is -0.465 e. The van der Waals surface area contributed by atoms with Crippen molar-refractivity contribution >= 4 is 45.6 Å². The highest BCUT2D eigenvalue weighted by atomic mass is 33.1. The number of esters is 3. The standard InChI is InChI=1S/C49H91N5O9S2/c1-4-7-10-13-16-20-26-45(27-21-17-14-11-8-5-2)63-48(58)29-23-19-24-35-54-43-44(51-52-54)31-38-60-47(57)30-36-53(34-25-32-50-33-37-55)49(59)62-40-42-65-64-41-39-61-46(56)28-22-18-15-12-9-6-3/h43,45,50,55H,4-42H2,1-3H3. The molecule has 0 unspecified atom stereocenters. The van der Waals surface area contributed by atoms with E-state index < -0.39 is 12.1 Å². The summed E-state index contributed by atoms with van der Waals surface area (Å²) in [6.45, 7) is 9.75. The number of ether oxygens (including phenoxy) is 4. The van der Waals surface area contributed by atoms with Gasteiger partial charge in [-0.2, -0.15) is 0 Å². The van der Waals surface area contributed by atoms with Crippen LogP contribution in [0, 0.1) is 0 Å². The predicted molar refractivity (Wildman–Crippen MR) is 265 cm³/mol. The van der Waals surface area contributed by atoms with Crippen LogP contribution in [0.2, 0.25) is 0 Å². The first-order valence-electron chi connectivity index (χ1n) is 25.7. The number of nitrogens with one attached hydrogen (secondary N) is 1. The quantitative estimate of drug-likeness (QED) is 0.0274. The number of amides is 1. The van der Waals surface area contributed by atoms with E-state index in [9.17, 15) is 19.2 Å². The molecular weight excluding hydrogens is 867 g/mol. The zero-order valence-corrected chi connectivity index (χ0v) is 42.7. The van der Waals surface area contributed by atoms with Crippen LogP contribution in [-0.2, 0) is 46.3 Å². The molecule has 0 radical (unpaired) electrons. The molecular formula is C49H91N5O9S2. The van der Waals surface area contributed by atoms with Gasteiger partial charge in [-0.25, -0.2) is 4.79 Å². The molecule has 0 saturated carbocycles. The maximum atomic E-state index is 12.9. The number of hydrogen-bond acceptors (Lipinski definition) is 14. The molecule has 1 rings (SSSR count). The molecule has 65 heavy (non-hydrogen) atoms. The zero-order chi connectivity index (χ0) is 47.3. The van der Waals surface area contributed by atoms with Crippen LogP contribution in [0.4, 0.5) is 4.79 Å². The SMILES string of the molecule is CCCCCCCCC(=O)OCCSSCCOC(=O)N(CCCNCCO)CCC(=O)OCCc1cn(CCCCCC(=O)OC(CCCCCCCC)CCCCCCCC)nn1. The molecule has 0 atom stereocenters. The summed E-state index contributed by atoms with van der Waals surface area (Å²) in [5, 5.41) is 20.6. The lowest BCUT2D eigenvalue weighted by molar-refractivity contribution is -0.150. The van der Waals surface area contributed by atoms with Gasteiger partial charge in [0.25, 0.3) is 0 Å². The number of hydrogen-bond donors (Lipinski definition) is 2. The van der Waals surface area contributed by atoms with Gasteiger partial charge in [-0.05, 0) is 57.9 Å².